The largest absolute Gasteiger partial charge is 0.243 e. The van der Waals surface area contributed by atoms with Crippen molar-refractivity contribution in [3.05, 3.63) is 56.0 Å². The molecular formula is C14H6Cl4N2S. The average molecular weight is 376 g/mol. The van der Waals surface area contributed by atoms with Crippen LogP contribution in [0.15, 0.2) is 35.3 Å². The molecule has 0 aliphatic rings. The molecule has 0 saturated heterocycles. The highest BCUT2D eigenvalue weighted by Gasteiger charge is 2.09. The van der Waals surface area contributed by atoms with Crippen LogP contribution in [0.2, 0.25) is 20.1 Å². The number of hydrogen-bond donors (Lipinski definition) is 0. The molecule has 0 radical (unpaired) electrons. The van der Waals surface area contributed by atoms with E-state index in [2.05, 4.69) is 9.37 Å². The summed E-state index contributed by atoms with van der Waals surface area (Å²) in [6.45, 7) is 0. The van der Waals surface area contributed by atoms with Crippen molar-refractivity contribution in [2.45, 2.75) is 0 Å². The van der Waals surface area contributed by atoms with Crippen LogP contribution in [0.5, 0.6) is 0 Å². The van der Waals surface area contributed by atoms with Gasteiger partial charge in [0.05, 0.1) is 15.1 Å². The lowest BCUT2D eigenvalue weighted by Crippen LogP contribution is -1.80. The van der Waals surface area contributed by atoms with Gasteiger partial charge < -0.3 is 0 Å². The van der Waals surface area contributed by atoms with E-state index in [1.165, 1.54) is 11.5 Å². The van der Waals surface area contributed by atoms with Gasteiger partial charge in [0, 0.05) is 16.6 Å². The lowest BCUT2D eigenvalue weighted by atomic mass is 10.2. The van der Waals surface area contributed by atoms with Crippen molar-refractivity contribution >= 4 is 80.1 Å². The molecule has 0 aliphatic carbocycles. The molecule has 2 nitrogen and oxygen atoms in total. The number of hydrogen-bond acceptors (Lipinski definition) is 3. The molecule has 1 heterocycles. The molecule has 0 aliphatic heterocycles. The van der Waals surface area contributed by atoms with Gasteiger partial charge in [0.1, 0.15) is 10.5 Å². The monoisotopic (exact) mass is 374 g/mol. The van der Waals surface area contributed by atoms with E-state index >= 15 is 0 Å². The zero-order valence-corrected chi connectivity index (χ0v) is 14.1. The summed E-state index contributed by atoms with van der Waals surface area (Å²) in [5.74, 6) is 0. The molecule has 7 heteroatoms. The van der Waals surface area contributed by atoms with Crippen LogP contribution in [0.25, 0.3) is 10.9 Å². The maximum absolute atomic E-state index is 6.11. The smallest absolute Gasteiger partial charge is 0.144 e. The first-order valence-corrected chi connectivity index (χ1v) is 8.06. The van der Waals surface area contributed by atoms with Crippen LogP contribution in [0.1, 0.15) is 5.56 Å². The predicted molar refractivity (Wildman–Crippen MR) is 93.4 cm³/mol. The Kier molecular flexibility index (Phi) is 4.38. The van der Waals surface area contributed by atoms with Gasteiger partial charge in [0.25, 0.3) is 0 Å². The van der Waals surface area contributed by atoms with E-state index in [0.29, 0.717) is 25.6 Å². The van der Waals surface area contributed by atoms with Crippen molar-refractivity contribution < 1.29 is 0 Å². The highest BCUT2D eigenvalue weighted by Crippen LogP contribution is 2.36. The Hall–Kier alpha value is -0.840. The molecule has 0 amide bonds. The summed E-state index contributed by atoms with van der Waals surface area (Å²) >= 11 is 25.2. The first kappa shape index (κ1) is 15.1. The molecule has 0 unspecified atom stereocenters. The fraction of sp³-hybridized carbons (Fsp3) is 0. The molecule has 3 aromatic rings. The number of fused-ring (bicyclic) bond motifs is 1. The number of nitrogens with zero attached hydrogens (tertiary/aromatic N) is 2. The highest BCUT2D eigenvalue weighted by molar-refractivity contribution is 7.11. The maximum Gasteiger partial charge on any atom is 0.144 e. The second-order valence-electron chi connectivity index (χ2n) is 4.20. The topological polar surface area (TPSA) is 25.2 Å². The molecule has 2 aromatic carbocycles. The van der Waals surface area contributed by atoms with Gasteiger partial charge in [0.2, 0.25) is 0 Å². The zero-order valence-electron chi connectivity index (χ0n) is 10.3. The molecular weight excluding hydrogens is 370 g/mol. The van der Waals surface area contributed by atoms with Gasteiger partial charge in [-0.3, -0.25) is 0 Å². The predicted octanol–water partition coefficient (Wildman–Crippen LogP) is 6.66. The van der Waals surface area contributed by atoms with Crippen molar-refractivity contribution in [3.8, 4) is 0 Å². The van der Waals surface area contributed by atoms with Crippen LogP contribution in [0.4, 0.5) is 5.00 Å². The summed E-state index contributed by atoms with van der Waals surface area (Å²) in [5, 5.41) is 3.63. The van der Waals surface area contributed by atoms with Crippen LogP contribution >= 0.6 is 57.9 Å². The molecule has 106 valence electrons. The summed E-state index contributed by atoms with van der Waals surface area (Å²) in [4.78, 5) is 4.43. The van der Waals surface area contributed by atoms with E-state index in [0.717, 1.165) is 16.0 Å². The maximum atomic E-state index is 6.11. The molecule has 1 aromatic heterocycles. The standard InChI is InChI=1S/C14H6Cl4N2S/c15-8-4-9-13(12(18)5-8)20-21-14(9)19-6-7-1-2-10(16)11(17)3-7/h1-6H/b19-6+. The van der Waals surface area contributed by atoms with E-state index in [4.69, 9.17) is 46.4 Å². The number of benzene rings is 2. The fourth-order valence-corrected chi connectivity index (χ4v) is 3.40. The van der Waals surface area contributed by atoms with E-state index in [1.807, 2.05) is 6.07 Å². The summed E-state index contributed by atoms with van der Waals surface area (Å²) in [6, 6.07) is 8.77. The minimum Gasteiger partial charge on any atom is -0.243 e. The third-order valence-corrected chi connectivity index (χ3v) is 4.77. The third-order valence-electron chi connectivity index (χ3n) is 2.76. The van der Waals surface area contributed by atoms with Crippen molar-refractivity contribution in [1.82, 2.24) is 4.37 Å². The first-order valence-electron chi connectivity index (χ1n) is 5.78. The first-order chi connectivity index (χ1) is 10.0. The van der Waals surface area contributed by atoms with Crippen LogP contribution in [0, 0.1) is 0 Å². The second kappa shape index (κ2) is 6.11. The Labute approximate surface area is 145 Å². The Balaban J connectivity index is 2.01. The quantitative estimate of drug-likeness (QED) is 0.459. The molecule has 3 rings (SSSR count). The lowest BCUT2D eigenvalue weighted by Gasteiger charge is -1.97. The number of rotatable bonds is 2. The Morgan fingerprint density at radius 1 is 0.952 bits per heavy atom. The SMILES string of the molecule is Clc1cc(Cl)c2nsc(/N=C/c3ccc(Cl)c(Cl)c3)c2c1. The molecule has 21 heavy (non-hydrogen) atoms. The van der Waals surface area contributed by atoms with Crippen molar-refractivity contribution in [2.24, 2.45) is 4.99 Å². The van der Waals surface area contributed by atoms with Crippen molar-refractivity contribution in [1.29, 1.82) is 0 Å². The Bertz CT molecular complexity index is 858. The summed E-state index contributed by atoms with van der Waals surface area (Å²) in [7, 11) is 0. The zero-order chi connectivity index (χ0) is 15.0. The highest BCUT2D eigenvalue weighted by atomic mass is 35.5. The van der Waals surface area contributed by atoms with Gasteiger partial charge in [-0.05, 0) is 41.4 Å². The number of aromatic nitrogens is 1. The number of aliphatic imine (C=N–C) groups is 1. The fourth-order valence-electron chi connectivity index (χ4n) is 1.78. The Morgan fingerprint density at radius 3 is 2.52 bits per heavy atom. The summed E-state index contributed by atoms with van der Waals surface area (Å²) in [6.07, 6.45) is 1.70. The molecule has 0 N–H and O–H groups in total. The lowest BCUT2D eigenvalue weighted by molar-refractivity contribution is 1.62. The number of halogens is 4. The normalized spacial score (nSPS) is 11.6. The van der Waals surface area contributed by atoms with E-state index in [-0.39, 0.29) is 0 Å². The molecule has 0 saturated carbocycles. The van der Waals surface area contributed by atoms with Crippen LogP contribution in [-0.2, 0) is 0 Å². The van der Waals surface area contributed by atoms with E-state index in [9.17, 15) is 0 Å². The summed E-state index contributed by atoms with van der Waals surface area (Å²) < 4.78 is 4.29. The van der Waals surface area contributed by atoms with Gasteiger partial charge >= 0.3 is 0 Å². The van der Waals surface area contributed by atoms with Gasteiger partial charge in [0.15, 0.2) is 0 Å². The molecule has 0 atom stereocenters. The Morgan fingerprint density at radius 2 is 1.76 bits per heavy atom. The van der Waals surface area contributed by atoms with Gasteiger partial charge in [-0.2, -0.15) is 4.37 Å². The van der Waals surface area contributed by atoms with Crippen LogP contribution < -0.4 is 0 Å². The third kappa shape index (κ3) is 3.17. The van der Waals surface area contributed by atoms with Crippen LogP contribution in [-0.4, -0.2) is 10.6 Å². The molecule has 0 bridgehead atoms. The average Bonchev–Trinajstić information content (AvgIpc) is 2.83. The van der Waals surface area contributed by atoms with Gasteiger partial charge in [-0.25, -0.2) is 4.99 Å². The van der Waals surface area contributed by atoms with Crippen LogP contribution in [0.3, 0.4) is 0 Å². The van der Waals surface area contributed by atoms with Crippen molar-refractivity contribution in [3.63, 3.8) is 0 Å². The second-order valence-corrected chi connectivity index (χ2v) is 6.61. The summed E-state index contributed by atoms with van der Waals surface area (Å²) in [5.41, 5.74) is 1.55. The van der Waals surface area contributed by atoms with Gasteiger partial charge in [-0.1, -0.05) is 52.5 Å². The van der Waals surface area contributed by atoms with Crippen molar-refractivity contribution in [2.75, 3.05) is 0 Å². The van der Waals surface area contributed by atoms with Gasteiger partial charge in [-0.15, -0.1) is 0 Å². The van der Waals surface area contributed by atoms with E-state index < -0.39 is 0 Å². The molecule has 0 fully saturated rings. The minimum absolute atomic E-state index is 0.487. The minimum atomic E-state index is 0.487. The van der Waals surface area contributed by atoms with E-state index in [1.54, 1.807) is 30.5 Å². The molecule has 0 spiro atoms.